The van der Waals surface area contributed by atoms with Crippen LogP contribution in [0.4, 0.5) is 0 Å². The van der Waals surface area contributed by atoms with Gasteiger partial charge in [0.2, 0.25) is 0 Å². The zero-order valence-corrected chi connectivity index (χ0v) is 11.8. The summed E-state index contributed by atoms with van der Waals surface area (Å²) in [5.74, 6) is 3.02. The second kappa shape index (κ2) is 4.35. The molecule has 2 fully saturated rings. The molecule has 0 amide bonds. The van der Waals surface area contributed by atoms with Crippen LogP contribution in [0.15, 0.2) is 24.3 Å². The standard InChI is InChI=1S/C18H21NO/c1-2-18(20)12-17-14-7-4-3-6-13(14)10-11-19(17)16-9-5-8-15(16)18/h1,3-4,6-7,15-17,20H,5,8-12H2. The number of rotatable bonds is 0. The molecule has 1 saturated carbocycles. The Morgan fingerprint density at radius 3 is 3.00 bits per heavy atom. The van der Waals surface area contributed by atoms with Gasteiger partial charge in [-0.3, -0.25) is 4.90 Å². The molecule has 4 rings (SSSR count). The number of benzene rings is 1. The average molecular weight is 267 g/mol. The zero-order valence-electron chi connectivity index (χ0n) is 11.8. The predicted octanol–water partition coefficient (Wildman–Crippen LogP) is 2.52. The van der Waals surface area contributed by atoms with E-state index in [4.69, 9.17) is 6.42 Å². The molecule has 0 bridgehead atoms. The number of hydrogen-bond acceptors (Lipinski definition) is 2. The Morgan fingerprint density at radius 1 is 1.30 bits per heavy atom. The van der Waals surface area contributed by atoms with Crippen molar-refractivity contribution in [1.82, 2.24) is 4.90 Å². The van der Waals surface area contributed by atoms with Crippen molar-refractivity contribution in [2.45, 2.75) is 49.8 Å². The van der Waals surface area contributed by atoms with Crippen molar-refractivity contribution in [1.29, 1.82) is 0 Å². The van der Waals surface area contributed by atoms with Crippen LogP contribution >= 0.6 is 0 Å². The van der Waals surface area contributed by atoms with E-state index in [0.717, 1.165) is 19.4 Å². The predicted molar refractivity (Wildman–Crippen MR) is 79.1 cm³/mol. The van der Waals surface area contributed by atoms with E-state index < -0.39 is 5.60 Å². The molecule has 20 heavy (non-hydrogen) atoms. The molecule has 4 unspecified atom stereocenters. The summed E-state index contributed by atoms with van der Waals surface area (Å²) < 4.78 is 0. The summed E-state index contributed by atoms with van der Waals surface area (Å²) >= 11 is 0. The average Bonchev–Trinajstić information content (AvgIpc) is 2.98. The van der Waals surface area contributed by atoms with E-state index >= 15 is 0 Å². The summed E-state index contributed by atoms with van der Waals surface area (Å²) in [5, 5.41) is 11.0. The van der Waals surface area contributed by atoms with E-state index in [0.29, 0.717) is 18.5 Å². The molecule has 0 aromatic heterocycles. The molecule has 2 nitrogen and oxygen atoms in total. The van der Waals surface area contributed by atoms with Crippen LogP contribution in [0.1, 0.15) is 42.9 Å². The van der Waals surface area contributed by atoms with Gasteiger partial charge in [0.05, 0.1) is 0 Å². The maximum atomic E-state index is 11.0. The third-order valence-corrected chi connectivity index (χ3v) is 5.73. The molecule has 2 heteroatoms. The molecule has 1 N–H and O–H groups in total. The first-order chi connectivity index (χ1) is 9.73. The number of fused-ring (bicyclic) bond motifs is 5. The van der Waals surface area contributed by atoms with Gasteiger partial charge in [0.1, 0.15) is 5.60 Å². The lowest BCUT2D eigenvalue weighted by molar-refractivity contribution is -0.0823. The minimum atomic E-state index is -0.910. The van der Waals surface area contributed by atoms with Crippen LogP contribution in [0.25, 0.3) is 0 Å². The zero-order chi connectivity index (χ0) is 13.7. The Hall–Kier alpha value is -1.30. The largest absolute Gasteiger partial charge is 0.377 e. The molecule has 0 radical (unpaired) electrons. The second-order valence-electron chi connectivity index (χ2n) is 6.58. The van der Waals surface area contributed by atoms with Gasteiger partial charge in [-0.1, -0.05) is 36.6 Å². The molecule has 3 aliphatic rings. The highest BCUT2D eigenvalue weighted by atomic mass is 16.3. The first kappa shape index (κ1) is 12.4. The van der Waals surface area contributed by atoms with Gasteiger partial charge in [0.25, 0.3) is 0 Å². The van der Waals surface area contributed by atoms with Crippen molar-refractivity contribution >= 4 is 0 Å². The first-order valence-corrected chi connectivity index (χ1v) is 7.76. The lowest BCUT2D eigenvalue weighted by Crippen LogP contribution is -2.57. The smallest absolute Gasteiger partial charge is 0.131 e. The van der Waals surface area contributed by atoms with Gasteiger partial charge in [-0.25, -0.2) is 0 Å². The minimum Gasteiger partial charge on any atom is -0.377 e. The molecule has 1 aromatic carbocycles. The van der Waals surface area contributed by atoms with Crippen LogP contribution in [-0.2, 0) is 6.42 Å². The van der Waals surface area contributed by atoms with Crippen LogP contribution in [0.2, 0.25) is 0 Å². The van der Waals surface area contributed by atoms with Gasteiger partial charge >= 0.3 is 0 Å². The fourth-order valence-electron chi connectivity index (χ4n) is 4.80. The molecule has 1 aliphatic carbocycles. The highest BCUT2D eigenvalue weighted by molar-refractivity contribution is 5.35. The van der Waals surface area contributed by atoms with Crippen LogP contribution in [0.3, 0.4) is 0 Å². The Labute approximate surface area is 120 Å². The van der Waals surface area contributed by atoms with Gasteiger partial charge in [-0.05, 0) is 30.4 Å². The number of terminal acetylenes is 1. The summed E-state index contributed by atoms with van der Waals surface area (Å²) in [6, 6.07) is 9.45. The number of piperidine rings is 1. The molecular formula is C18H21NO. The van der Waals surface area contributed by atoms with E-state index in [2.05, 4.69) is 35.1 Å². The van der Waals surface area contributed by atoms with Crippen LogP contribution in [0.5, 0.6) is 0 Å². The van der Waals surface area contributed by atoms with E-state index in [1.807, 2.05) is 0 Å². The van der Waals surface area contributed by atoms with E-state index in [1.54, 1.807) is 0 Å². The Morgan fingerprint density at radius 2 is 2.15 bits per heavy atom. The Balaban J connectivity index is 1.79. The number of hydrogen-bond donors (Lipinski definition) is 1. The van der Waals surface area contributed by atoms with Crippen molar-refractivity contribution in [3.63, 3.8) is 0 Å². The normalized spacial score (nSPS) is 39.5. The lowest BCUT2D eigenvalue weighted by atomic mass is 9.71. The van der Waals surface area contributed by atoms with Crippen molar-refractivity contribution in [2.75, 3.05) is 6.54 Å². The fourth-order valence-corrected chi connectivity index (χ4v) is 4.80. The third-order valence-electron chi connectivity index (χ3n) is 5.73. The molecule has 1 aromatic rings. The van der Waals surface area contributed by atoms with Gasteiger partial charge in [0, 0.05) is 31.0 Å². The summed E-state index contributed by atoms with van der Waals surface area (Å²) in [4.78, 5) is 2.63. The fraction of sp³-hybridized carbons (Fsp3) is 0.556. The molecule has 4 atom stereocenters. The Bertz CT molecular complexity index is 575. The maximum Gasteiger partial charge on any atom is 0.131 e. The number of aliphatic hydroxyl groups is 1. The van der Waals surface area contributed by atoms with Crippen LogP contribution in [0, 0.1) is 18.3 Å². The van der Waals surface area contributed by atoms with Crippen molar-refractivity contribution in [2.24, 2.45) is 5.92 Å². The van der Waals surface area contributed by atoms with E-state index in [1.165, 1.54) is 24.0 Å². The molecule has 0 spiro atoms. The summed E-state index contributed by atoms with van der Waals surface area (Å²) in [7, 11) is 0. The first-order valence-electron chi connectivity index (χ1n) is 7.76. The SMILES string of the molecule is C#CC1(O)CC2c3ccccc3CCN2C2CCCC21. The maximum absolute atomic E-state index is 11.0. The molecule has 2 heterocycles. The van der Waals surface area contributed by atoms with Gasteiger partial charge < -0.3 is 5.11 Å². The lowest BCUT2D eigenvalue weighted by Gasteiger charge is -2.52. The molecular weight excluding hydrogens is 246 g/mol. The summed E-state index contributed by atoms with van der Waals surface area (Å²) in [6.45, 7) is 1.11. The quantitative estimate of drug-likeness (QED) is 0.730. The van der Waals surface area contributed by atoms with Crippen LogP contribution in [-0.4, -0.2) is 28.2 Å². The molecule has 2 aliphatic heterocycles. The van der Waals surface area contributed by atoms with Gasteiger partial charge in [0.15, 0.2) is 0 Å². The molecule has 1 saturated heterocycles. The number of nitrogens with zero attached hydrogens (tertiary/aromatic N) is 1. The Kier molecular flexibility index (Phi) is 2.70. The van der Waals surface area contributed by atoms with Crippen LogP contribution < -0.4 is 0 Å². The topological polar surface area (TPSA) is 23.5 Å². The van der Waals surface area contributed by atoms with E-state index in [-0.39, 0.29) is 5.92 Å². The highest BCUT2D eigenvalue weighted by Gasteiger charge is 2.53. The highest BCUT2D eigenvalue weighted by Crippen LogP contribution is 2.51. The summed E-state index contributed by atoms with van der Waals surface area (Å²) in [6.07, 6.45) is 11.0. The summed E-state index contributed by atoms with van der Waals surface area (Å²) in [5.41, 5.74) is 1.91. The molecule has 104 valence electrons. The van der Waals surface area contributed by atoms with Gasteiger partial charge in [-0.2, -0.15) is 0 Å². The van der Waals surface area contributed by atoms with E-state index in [9.17, 15) is 5.11 Å². The van der Waals surface area contributed by atoms with Gasteiger partial charge in [-0.15, -0.1) is 6.42 Å². The van der Waals surface area contributed by atoms with Crippen molar-refractivity contribution < 1.29 is 5.11 Å². The third kappa shape index (κ3) is 1.60. The van der Waals surface area contributed by atoms with Crippen molar-refractivity contribution in [3.05, 3.63) is 35.4 Å². The second-order valence-corrected chi connectivity index (χ2v) is 6.58. The monoisotopic (exact) mass is 267 g/mol. The minimum absolute atomic E-state index is 0.272. The van der Waals surface area contributed by atoms with Crippen molar-refractivity contribution in [3.8, 4) is 12.3 Å².